The van der Waals surface area contributed by atoms with Gasteiger partial charge in [-0.1, -0.05) is 48.0 Å². The molecule has 36 heavy (non-hydrogen) atoms. The lowest BCUT2D eigenvalue weighted by atomic mass is 10.00. The fourth-order valence-electron chi connectivity index (χ4n) is 3.98. The summed E-state index contributed by atoms with van der Waals surface area (Å²) in [6.07, 6.45) is 4.83. The summed E-state index contributed by atoms with van der Waals surface area (Å²) in [5.74, 6) is 0.246. The summed E-state index contributed by atoms with van der Waals surface area (Å²) in [5, 5.41) is 0.429. The number of hydrogen-bond acceptors (Lipinski definition) is 5. The van der Waals surface area contributed by atoms with Crippen LogP contribution in [0.5, 0.6) is 11.5 Å². The molecule has 0 spiro atoms. The number of halogens is 1. The van der Waals surface area contributed by atoms with Crippen LogP contribution in [0, 0.1) is 0 Å². The van der Waals surface area contributed by atoms with E-state index < -0.39 is 5.97 Å². The Hall–Kier alpha value is -4.29. The van der Waals surface area contributed by atoms with Gasteiger partial charge in [-0.15, -0.1) is 0 Å². The van der Waals surface area contributed by atoms with Gasteiger partial charge in [0.1, 0.15) is 19.8 Å². The Morgan fingerprint density at radius 1 is 0.917 bits per heavy atom. The van der Waals surface area contributed by atoms with Crippen LogP contribution >= 0.6 is 11.6 Å². The number of para-hydroxylation sites is 1. The van der Waals surface area contributed by atoms with Crippen LogP contribution in [0.4, 0.5) is 0 Å². The third-order valence-electron chi connectivity index (χ3n) is 5.67. The number of benzene rings is 3. The number of carbonyl (C=O) groups is 2. The molecule has 2 heterocycles. The van der Waals surface area contributed by atoms with Gasteiger partial charge in [-0.2, -0.15) is 0 Å². The maximum atomic E-state index is 13.7. The molecule has 0 fully saturated rings. The molecule has 4 aromatic rings. The second-order valence-corrected chi connectivity index (χ2v) is 8.49. The lowest BCUT2D eigenvalue weighted by molar-refractivity contribution is -0.138. The van der Waals surface area contributed by atoms with E-state index in [1.807, 2.05) is 53.2 Å². The van der Waals surface area contributed by atoms with Gasteiger partial charge in [0.2, 0.25) is 0 Å². The Kier molecular flexibility index (Phi) is 6.87. The zero-order valence-electron chi connectivity index (χ0n) is 19.2. The molecule has 5 rings (SSSR count). The minimum atomic E-state index is -0.466. The molecule has 180 valence electrons. The number of ketones is 1. The van der Waals surface area contributed by atoms with Crippen LogP contribution in [0.3, 0.4) is 0 Å². The van der Waals surface area contributed by atoms with Gasteiger partial charge in [-0.05, 0) is 54.1 Å². The van der Waals surface area contributed by atoms with Crippen molar-refractivity contribution in [3.05, 3.63) is 119 Å². The lowest BCUT2D eigenvalue weighted by Crippen LogP contribution is -2.18. The van der Waals surface area contributed by atoms with E-state index in [2.05, 4.69) is 0 Å². The maximum absolute atomic E-state index is 13.7. The van der Waals surface area contributed by atoms with Gasteiger partial charge in [0.25, 0.3) is 0 Å². The van der Waals surface area contributed by atoms with Gasteiger partial charge >= 0.3 is 5.97 Å². The number of carbonyl (C=O) groups excluding carboxylic acids is 2. The molecule has 1 aromatic heterocycles. The molecule has 6 nitrogen and oxygen atoms in total. The first kappa shape index (κ1) is 23.5. The second-order valence-electron chi connectivity index (χ2n) is 8.05. The zero-order chi connectivity index (χ0) is 24.9. The summed E-state index contributed by atoms with van der Waals surface area (Å²) in [6, 6.07) is 23.5. The lowest BCUT2D eigenvalue weighted by Gasteiger charge is -2.21. The number of fused-ring (bicyclic) bond motifs is 1. The number of aromatic nitrogens is 1. The van der Waals surface area contributed by atoms with E-state index in [0.29, 0.717) is 52.2 Å². The predicted molar refractivity (Wildman–Crippen MR) is 137 cm³/mol. The van der Waals surface area contributed by atoms with Gasteiger partial charge in [-0.3, -0.25) is 4.79 Å². The maximum Gasteiger partial charge on any atom is 0.331 e. The summed E-state index contributed by atoms with van der Waals surface area (Å²) in [7, 11) is 0. The van der Waals surface area contributed by atoms with Crippen LogP contribution in [0.1, 0.15) is 27.2 Å². The third-order valence-corrected chi connectivity index (χ3v) is 5.90. The molecule has 1 aliphatic heterocycles. The quantitative estimate of drug-likeness (QED) is 0.180. The van der Waals surface area contributed by atoms with Crippen LogP contribution in [-0.4, -0.2) is 29.5 Å². The van der Waals surface area contributed by atoms with E-state index in [9.17, 15) is 9.59 Å². The van der Waals surface area contributed by atoms with Crippen molar-refractivity contribution in [2.45, 2.75) is 6.61 Å². The van der Waals surface area contributed by atoms with Crippen molar-refractivity contribution in [3.8, 4) is 17.2 Å². The van der Waals surface area contributed by atoms with Crippen molar-refractivity contribution in [1.29, 1.82) is 0 Å². The summed E-state index contributed by atoms with van der Waals surface area (Å²) >= 11 is 6.29. The molecule has 0 radical (unpaired) electrons. The number of esters is 1. The van der Waals surface area contributed by atoms with E-state index in [1.165, 1.54) is 6.08 Å². The number of nitrogens with zero attached hydrogens (tertiary/aromatic N) is 1. The average molecular weight is 500 g/mol. The van der Waals surface area contributed by atoms with E-state index in [0.717, 1.165) is 5.56 Å². The van der Waals surface area contributed by atoms with Crippen molar-refractivity contribution in [3.63, 3.8) is 0 Å². The fourth-order valence-corrected chi connectivity index (χ4v) is 4.15. The van der Waals surface area contributed by atoms with E-state index in [1.54, 1.807) is 42.5 Å². The van der Waals surface area contributed by atoms with E-state index in [-0.39, 0.29) is 12.4 Å². The van der Waals surface area contributed by atoms with Gasteiger partial charge in [0.15, 0.2) is 17.3 Å². The highest BCUT2D eigenvalue weighted by molar-refractivity contribution is 6.31. The molecule has 0 saturated carbocycles. The molecule has 1 aliphatic rings. The highest BCUT2D eigenvalue weighted by Gasteiger charge is 2.24. The SMILES string of the molecule is O=C(/C=C/c1cccn1-c1ccc(Cl)cc1C(=O)c1cccc2c1OCCO2)OCc1ccccc1. The Morgan fingerprint density at radius 2 is 1.75 bits per heavy atom. The van der Waals surface area contributed by atoms with Crippen LogP contribution in [0.2, 0.25) is 5.02 Å². The van der Waals surface area contributed by atoms with Gasteiger partial charge in [-0.25, -0.2) is 4.79 Å². The Morgan fingerprint density at radius 3 is 2.61 bits per heavy atom. The van der Waals surface area contributed by atoms with Crippen molar-refractivity contribution >= 4 is 29.4 Å². The molecule has 0 unspecified atom stereocenters. The summed E-state index contributed by atoms with van der Waals surface area (Å²) in [5.41, 5.74) is 3.00. The molecular formula is C29H22ClNO5. The first-order valence-electron chi connectivity index (χ1n) is 11.4. The standard InChI is InChI=1S/C29H22ClNO5/c30-21-11-13-25(24(18-21)28(33)23-9-4-10-26-29(23)35-17-16-34-26)31-15-5-8-22(31)12-14-27(32)36-19-20-6-2-1-3-7-20/h1-15,18H,16-17,19H2/b14-12+. The fraction of sp³-hybridized carbons (Fsp3) is 0.103. The van der Waals surface area contributed by atoms with Crippen molar-refractivity contribution in [1.82, 2.24) is 4.57 Å². The van der Waals surface area contributed by atoms with Gasteiger partial charge in [0, 0.05) is 28.6 Å². The smallest absolute Gasteiger partial charge is 0.331 e. The zero-order valence-corrected chi connectivity index (χ0v) is 20.0. The van der Waals surface area contributed by atoms with Gasteiger partial charge in [0.05, 0.1) is 11.3 Å². The molecule has 0 N–H and O–H groups in total. The summed E-state index contributed by atoms with van der Waals surface area (Å²) in [6.45, 7) is 0.987. The minimum absolute atomic E-state index is 0.189. The third kappa shape index (κ3) is 5.04. The second kappa shape index (κ2) is 10.5. The average Bonchev–Trinajstić information content (AvgIpc) is 3.39. The van der Waals surface area contributed by atoms with Crippen molar-refractivity contribution < 1.29 is 23.8 Å². The van der Waals surface area contributed by atoms with E-state index >= 15 is 0 Å². The molecule has 0 saturated heterocycles. The first-order chi connectivity index (χ1) is 17.6. The highest BCUT2D eigenvalue weighted by Crippen LogP contribution is 2.36. The molecule has 0 bridgehead atoms. The first-order valence-corrected chi connectivity index (χ1v) is 11.8. The largest absolute Gasteiger partial charge is 0.486 e. The monoisotopic (exact) mass is 499 g/mol. The molecule has 0 aliphatic carbocycles. The van der Waals surface area contributed by atoms with Crippen molar-refractivity contribution in [2.75, 3.05) is 13.2 Å². The Labute approximate surface area is 213 Å². The highest BCUT2D eigenvalue weighted by atomic mass is 35.5. The molecule has 7 heteroatoms. The molecule has 0 amide bonds. The normalized spacial score (nSPS) is 12.5. The van der Waals surface area contributed by atoms with E-state index in [4.69, 9.17) is 25.8 Å². The van der Waals surface area contributed by atoms with Crippen LogP contribution < -0.4 is 9.47 Å². The predicted octanol–water partition coefficient (Wildman–Crippen LogP) is 5.89. The van der Waals surface area contributed by atoms with Crippen LogP contribution in [0.25, 0.3) is 11.8 Å². The Bertz CT molecular complexity index is 1440. The number of hydrogen-bond donors (Lipinski definition) is 0. The Balaban J connectivity index is 1.42. The number of ether oxygens (including phenoxy) is 3. The molecular weight excluding hydrogens is 478 g/mol. The topological polar surface area (TPSA) is 66.8 Å². The minimum Gasteiger partial charge on any atom is -0.486 e. The number of rotatable bonds is 7. The molecule has 3 aromatic carbocycles. The summed E-state index contributed by atoms with van der Waals surface area (Å²) < 4.78 is 18.5. The molecule has 0 atom stereocenters. The van der Waals surface area contributed by atoms with Crippen molar-refractivity contribution in [2.24, 2.45) is 0 Å². The van der Waals surface area contributed by atoms with Crippen LogP contribution in [0.15, 0.2) is 91.1 Å². The summed E-state index contributed by atoms with van der Waals surface area (Å²) in [4.78, 5) is 26.0. The van der Waals surface area contributed by atoms with Crippen LogP contribution in [-0.2, 0) is 16.1 Å². The van der Waals surface area contributed by atoms with Gasteiger partial charge < -0.3 is 18.8 Å².